The summed E-state index contributed by atoms with van der Waals surface area (Å²) in [6, 6.07) is 8.44. The number of ketones is 1. The molecule has 0 aliphatic carbocycles. The van der Waals surface area contributed by atoms with Gasteiger partial charge in [-0.1, -0.05) is 12.1 Å². The Morgan fingerprint density at radius 1 is 1.40 bits per heavy atom. The zero-order valence-corrected chi connectivity index (χ0v) is 10.0. The topological polar surface area (TPSA) is 43.1 Å². The van der Waals surface area contributed by atoms with Gasteiger partial charge < -0.3 is 5.73 Å². The molecule has 0 aromatic heterocycles. The van der Waals surface area contributed by atoms with E-state index in [1.165, 1.54) is 5.56 Å². The highest BCUT2D eigenvalue weighted by molar-refractivity contribution is 8.00. The monoisotopic (exact) mass is 223 g/mol. The van der Waals surface area contributed by atoms with Gasteiger partial charge in [-0.05, 0) is 38.0 Å². The third kappa shape index (κ3) is 5.00. The Labute approximate surface area is 95.2 Å². The molecule has 0 saturated heterocycles. The summed E-state index contributed by atoms with van der Waals surface area (Å²) < 4.78 is 0. The third-order valence-electron chi connectivity index (χ3n) is 1.92. The maximum absolute atomic E-state index is 10.8. The van der Waals surface area contributed by atoms with Crippen LogP contribution in [0.15, 0.2) is 29.2 Å². The van der Waals surface area contributed by atoms with Crippen LogP contribution in [0.25, 0.3) is 0 Å². The molecular formula is C12H17NOS. The number of Topliss-reactive ketones (excluding diaryl/α,β-unsaturated/α-hetero) is 1. The Balaban J connectivity index is 2.52. The van der Waals surface area contributed by atoms with Crippen LogP contribution in [0.2, 0.25) is 0 Å². The SMILES string of the molecule is CC(=O)CSc1ccc(CC(C)N)cc1. The quantitative estimate of drug-likeness (QED) is 0.779. The van der Waals surface area contributed by atoms with Crippen molar-refractivity contribution in [1.82, 2.24) is 0 Å². The number of hydrogen-bond donors (Lipinski definition) is 1. The average molecular weight is 223 g/mol. The van der Waals surface area contributed by atoms with Crippen molar-refractivity contribution < 1.29 is 4.79 Å². The van der Waals surface area contributed by atoms with E-state index in [1.807, 2.05) is 19.1 Å². The molecule has 15 heavy (non-hydrogen) atoms. The lowest BCUT2D eigenvalue weighted by Gasteiger charge is -2.05. The average Bonchev–Trinajstić information content (AvgIpc) is 2.16. The molecule has 2 N–H and O–H groups in total. The lowest BCUT2D eigenvalue weighted by atomic mass is 10.1. The number of thioether (sulfide) groups is 1. The van der Waals surface area contributed by atoms with Gasteiger partial charge in [0.05, 0.1) is 5.75 Å². The molecule has 3 heteroatoms. The Morgan fingerprint density at radius 3 is 2.47 bits per heavy atom. The van der Waals surface area contributed by atoms with Gasteiger partial charge >= 0.3 is 0 Å². The van der Waals surface area contributed by atoms with Gasteiger partial charge in [0.2, 0.25) is 0 Å². The van der Waals surface area contributed by atoms with Crippen molar-refractivity contribution in [2.75, 3.05) is 5.75 Å². The maximum Gasteiger partial charge on any atom is 0.140 e. The lowest BCUT2D eigenvalue weighted by molar-refractivity contribution is -0.114. The smallest absolute Gasteiger partial charge is 0.140 e. The summed E-state index contributed by atoms with van der Waals surface area (Å²) in [5, 5.41) is 0. The van der Waals surface area contributed by atoms with Crippen LogP contribution in [0, 0.1) is 0 Å². The standard InChI is InChI=1S/C12H17NOS/c1-9(13)7-11-3-5-12(6-4-11)15-8-10(2)14/h3-6,9H,7-8,13H2,1-2H3. The Morgan fingerprint density at radius 2 is 2.00 bits per heavy atom. The number of carbonyl (C=O) groups is 1. The molecule has 1 atom stereocenters. The van der Waals surface area contributed by atoms with E-state index in [4.69, 9.17) is 5.73 Å². The van der Waals surface area contributed by atoms with Crippen molar-refractivity contribution in [2.45, 2.75) is 31.2 Å². The van der Waals surface area contributed by atoms with E-state index in [0.717, 1.165) is 11.3 Å². The van der Waals surface area contributed by atoms with Gasteiger partial charge in [-0.2, -0.15) is 0 Å². The number of benzene rings is 1. The number of carbonyl (C=O) groups excluding carboxylic acids is 1. The fourth-order valence-electron chi connectivity index (χ4n) is 1.28. The van der Waals surface area contributed by atoms with Gasteiger partial charge in [-0.25, -0.2) is 0 Å². The second kappa shape index (κ2) is 5.93. The van der Waals surface area contributed by atoms with Crippen molar-refractivity contribution in [1.29, 1.82) is 0 Å². The minimum atomic E-state index is 0.195. The van der Waals surface area contributed by atoms with Crippen LogP contribution < -0.4 is 5.73 Å². The third-order valence-corrected chi connectivity index (χ3v) is 3.08. The van der Waals surface area contributed by atoms with Crippen molar-refractivity contribution in [2.24, 2.45) is 5.73 Å². The number of hydrogen-bond acceptors (Lipinski definition) is 3. The maximum atomic E-state index is 10.8. The van der Waals surface area contributed by atoms with Gasteiger partial charge in [-0.15, -0.1) is 11.8 Å². The summed E-state index contributed by atoms with van der Waals surface area (Å²) in [4.78, 5) is 11.9. The first-order valence-corrected chi connectivity index (χ1v) is 6.03. The van der Waals surface area contributed by atoms with Gasteiger partial charge in [-0.3, -0.25) is 4.79 Å². The van der Waals surface area contributed by atoms with Crippen molar-refractivity contribution in [3.8, 4) is 0 Å². The van der Waals surface area contributed by atoms with E-state index >= 15 is 0 Å². The van der Waals surface area contributed by atoms with E-state index in [1.54, 1.807) is 18.7 Å². The number of rotatable bonds is 5. The van der Waals surface area contributed by atoms with Crippen LogP contribution in [0.4, 0.5) is 0 Å². The molecule has 0 bridgehead atoms. The molecular weight excluding hydrogens is 206 g/mol. The second-order valence-electron chi connectivity index (χ2n) is 3.82. The van der Waals surface area contributed by atoms with E-state index in [2.05, 4.69) is 12.1 Å². The minimum absolute atomic E-state index is 0.195. The zero-order valence-electron chi connectivity index (χ0n) is 9.19. The predicted octanol–water partition coefficient (Wildman–Crippen LogP) is 2.26. The molecule has 0 radical (unpaired) electrons. The molecule has 0 heterocycles. The molecule has 1 rings (SSSR count). The first-order valence-electron chi connectivity index (χ1n) is 5.04. The van der Waals surface area contributed by atoms with Crippen molar-refractivity contribution in [3.05, 3.63) is 29.8 Å². The largest absolute Gasteiger partial charge is 0.328 e. The summed E-state index contributed by atoms with van der Waals surface area (Å²) in [5.41, 5.74) is 6.96. The van der Waals surface area contributed by atoms with Crippen LogP contribution in [0.3, 0.4) is 0 Å². The van der Waals surface area contributed by atoms with Crippen LogP contribution in [0.1, 0.15) is 19.4 Å². The molecule has 82 valence electrons. The molecule has 0 aliphatic heterocycles. The van der Waals surface area contributed by atoms with Crippen LogP contribution in [-0.4, -0.2) is 17.6 Å². The van der Waals surface area contributed by atoms with Crippen LogP contribution in [0.5, 0.6) is 0 Å². The molecule has 0 amide bonds. The summed E-state index contributed by atoms with van der Waals surface area (Å²) in [7, 11) is 0. The highest BCUT2D eigenvalue weighted by Gasteiger charge is 2.00. The zero-order chi connectivity index (χ0) is 11.3. The van der Waals surface area contributed by atoms with Gasteiger partial charge in [0, 0.05) is 10.9 Å². The molecule has 2 nitrogen and oxygen atoms in total. The fourth-order valence-corrected chi connectivity index (χ4v) is 1.98. The Bertz CT molecular complexity index is 319. The molecule has 0 saturated carbocycles. The summed E-state index contributed by atoms with van der Waals surface area (Å²) >= 11 is 1.58. The van der Waals surface area contributed by atoms with Crippen molar-refractivity contribution >= 4 is 17.5 Å². The van der Waals surface area contributed by atoms with Gasteiger partial charge in [0.25, 0.3) is 0 Å². The normalized spacial score (nSPS) is 12.5. The number of nitrogens with two attached hydrogens (primary N) is 1. The van der Waals surface area contributed by atoms with E-state index in [0.29, 0.717) is 5.75 Å². The molecule has 1 unspecified atom stereocenters. The molecule has 1 aromatic rings. The summed E-state index contributed by atoms with van der Waals surface area (Å²) in [6.07, 6.45) is 0.900. The Kier molecular flexibility index (Phi) is 4.85. The van der Waals surface area contributed by atoms with Crippen molar-refractivity contribution in [3.63, 3.8) is 0 Å². The van der Waals surface area contributed by atoms with E-state index < -0.39 is 0 Å². The van der Waals surface area contributed by atoms with Gasteiger partial charge in [0.15, 0.2) is 0 Å². The predicted molar refractivity (Wildman–Crippen MR) is 65.2 cm³/mol. The molecule has 0 fully saturated rings. The fraction of sp³-hybridized carbons (Fsp3) is 0.417. The second-order valence-corrected chi connectivity index (χ2v) is 4.86. The first-order chi connectivity index (χ1) is 7.08. The van der Waals surface area contributed by atoms with E-state index in [9.17, 15) is 4.79 Å². The van der Waals surface area contributed by atoms with Gasteiger partial charge in [0.1, 0.15) is 5.78 Å². The molecule has 1 aromatic carbocycles. The first kappa shape index (κ1) is 12.3. The summed E-state index contributed by atoms with van der Waals surface area (Å²) in [6.45, 7) is 3.61. The van der Waals surface area contributed by atoms with E-state index in [-0.39, 0.29) is 11.8 Å². The van der Waals surface area contributed by atoms with Crippen LogP contribution >= 0.6 is 11.8 Å². The highest BCUT2D eigenvalue weighted by atomic mass is 32.2. The minimum Gasteiger partial charge on any atom is -0.328 e. The Hall–Kier alpha value is -0.800. The lowest BCUT2D eigenvalue weighted by Crippen LogP contribution is -2.17. The molecule has 0 aliphatic rings. The van der Waals surface area contributed by atoms with Crippen LogP contribution in [-0.2, 0) is 11.2 Å². The molecule has 0 spiro atoms. The highest BCUT2D eigenvalue weighted by Crippen LogP contribution is 2.18. The summed E-state index contributed by atoms with van der Waals surface area (Å²) in [5.74, 6) is 0.756.